The van der Waals surface area contributed by atoms with Crippen LogP contribution in [0.4, 0.5) is 5.13 Å². The number of thiophene rings is 2. The standard InChI is InChI=1S/C19H16N4O2S4/c1-11(24)20-7-14-2-3-16(29-14)15-10-28-19(22-15)23-17(25)6-13-9-27-18(21-13)12-4-5-26-8-12/h2-5,8-10H,6-7H2,1H3,(H,20,24)(H,22,23,25). The maximum Gasteiger partial charge on any atom is 0.232 e. The van der Waals surface area contributed by atoms with E-state index in [2.05, 4.69) is 20.6 Å². The molecule has 0 radical (unpaired) electrons. The van der Waals surface area contributed by atoms with Crippen molar-refractivity contribution in [1.82, 2.24) is 15.3 Å². The third-order valence-corrected chi connectivity index (χ3v) is 7.33. The van der Waals surface area contributed by atoms with Gasteiger partial charge in [-0.2, -0.15) is 11.3 Å². The summed E-state index contributed by atoms with van der Waals surface area (Å²) in [6.07, 6.45) is 0.218. The van der Waals surface area contributed by atoms with Crippen molar-refractivity contribution in [2.75, 3.05) is 5.32 Å². The Balaban J connectivity index is 1.35. The van der Waals surface area contributed by atoms with Gasteiger partial charge in [0.05, 0.1) is 29.2 Å². The molecule has 0 aliphatic heterocycles. The number of nitrogens with one attached hydrogen (secondary N) is 2. The summed E-state index contributed by atoms with van der Waals surface area (Å²) in [5, 5.41) is 15.0. The summed E-state index contributed by atoms with van der Waals surface area (Å²) in [6.45, 7) is 2.01. The molecule has 2 amide bonds. The average Bonchev–Trinajstić information content (AvgIpc) is 3.45. The molecule has 0 fully saturated rings. The molecule has 0 atom stereocenters. The summed E-state index contributed by atoms with van der Waals surface area (Å²) in [7, 11) is 0. The SMILES string of the molecule is CC(=O)NCc1ccc(-c2csc(NC(=O)Cc3csc(-c4ccsc4)n3)n2)s1. The predicted molar refractivity (Wildman–Crippen MR) is 121 cm³/mol. The first-order valence-electron chi connectivity index (χ1n) is 8.62. The van der Waals surface area contributed by atoms with Crippen LogP contribution in [0, 0.1) is 0 Å². The van der Waals surface area contributed by atoms with Gasteiger partial charge in [0.25, 0.3) is 0 Å². The molecule has 4 aromatic rings. The van der Waals surface area contributed by atoms with Crippen LogP contribution >= 0.6 is 45.3 Å². The van der Waals surface area contributed by atoms with E-state index in [1.165, 1.54) is 18.3 Å². The molecule has 6 nitrogen and oxygen atoms in total. The highest BCUT2D eigenvalue weighted by Crippen LogP contribution is 2.31. The van der Waals surface area contributed by atoms with Crippen LogP contribution in [0.15, 0.2) is 39.7 Å². The van der Waals surface area contributed by atoms with Crippen molar-refractivity contribution in [2.24, 2.45) is 0 Å². The Morgan fingerprint density at radius 3 is 2.76 bits per heavy atom. The average molecular weight is 461 g/mol. The predicted octanol–water partition coefficient (Wildman–Crippen LogP) is 4.87. The Kier molecular flexibility index (Phi) is 6.14. The molecule has 0 saturated carbocycles. The van der Waals surface area contributed by atoms with Crippen LogP contribution in [0.5, 0.6) is 0 Å². The molecule has 0 aromatic carbocycles. The van der Waals surface area contributed by atoms with Crippen molar-refractivity contribution in [1.29, 1.82) is 0 Å². The summed E-state index contributed by atoms with van der Waals surface area (Å²) in [4.78, 5) is 34.5. The number of carbonyl (C=O) groups is 2. The lowest BCUT2D eigenvalue weighted by atomic mass is 10.3. The van der Waals surface area contributed by atoms with Crippen molar-refractivity contribution in [3.8, 4) is 21.1 Å². The Morgan fingerprint density at radius 2 is 1.97 bits per heavy atom. The highest BCUT2D eigenvalue weighted by atomic mass is 32.1. The van der Waals surface area contributed by atoms with Crippen LogP contribution in [0.2, 0.25) is 0 Å². The van der Waals surface area contributed by atoms with E-state index in [0.29, 0.717) is 11.7 Å². The van der Waals surface area contributed by atoms with E-state index >= 15 is 0 Å². The van der Waals surface area contributed by atoms with E-state index in [9.17, 15) is 9.59 Å². The van der Waals surface area contributed by atoms with E-state index < -0.39 is 0 Å². The van der Waals surface area contributed by atoms with Crippen LogP contribution in [0.1, 0.15) is 17.5 Å². The van der Waals surface area contributed by atoms with E-state index in [-0.39, 0.29) is 18.2 Å². The molecule has 0 spiro atoms. The molecule has 10 heteroatoms. The van der Waals surface area contributed by atoms with E-state index in [4.69, 9.17) is 0 Å². The number of hydrogen-bond acceptors (Lipinski definition) is 8. The first-order chi connectivity index (χ1) is 14.1. The molecule has 4 heterocycles. The molecular formula is C19H16N4O2S4. The summed E-state index contributed by atoms with van der Waals surface area (Å²) >= 11 is 6.14. The fourth-order valence-corrected chi connectivity index (χ4v) is 5.74. The lowest BCUT2D eigenvalue weighted by Crippen LogP contribution is -2.17. The minimum absolute atomic E-state index is 0.0545. The molecule has 29 heavy (non-hydrogen) atoms. The molecule has 0 unspecified atom stereocenters. The Morgan fingerprint density at radius 1 is 1.07 bits per heavy atom. The molecule has 0 aliphatic carbocycles. The van der Waals surface area contributed by atoms with Crippen LogP contribution in [-0.2, 0) is 22.6 Å². The fraction of sp³-hybridized carbons (Fsp3) is 0.158. The Labute approximate surface area is 183 Å². The van der Waals surface area contributed by atoms with Crippen molar-refractivity contribution < 1.29 is 9.59 Å². The Bertz CT molecular complexity index is 1130. The molecular weight excluding hydrogens is 445 g/mol. The number of aromatic nitrogens is 2. The van der Waals surface area contributed by atoms with Crippen LogP contribution in [0.3, 0.4) is 0 Å². The van der Waals surface area contributed by atoms with Crippen LogP contribution < -0.4 is 10.6 Å². The van der Waals surface area contributed by atoms with Gasteiger partial charge in [0, 0.05) is 33.5 Å². The first-order valence-corrected chi connectivity index (χ1v) is 12.1. The molecule has 0 aliphatic rings. The lowest BCUT2D eigenvalue weighted by molar-refractivity contribution is -0.119. The molecule has 148 valence electrons. The van der Waals surface area contributed by atoms with Gasteiger partial charge in [-0.05, 0) is 23.6 Å². The van der Waals surface area contributed by atoms with Gasteiger partial charge in [0.2, 0.25) is 11.8 Å². The van der Waals surface area contributed by atoms with Crippen LogP contribution in [-0.4, -0.2) is 21.8 Å². The number of hydrogen-bond donors (Lipinski definition) is 2. The zero-order valence-electron chi connectivity index (χ0n) is 15.3. The third-order valence-electron chi connectivity index (χ3n) is 3.84. The maximum absolute atomic E-state index is 12.4. The van der Waals surface area contributed by atoms with Crippen molar-refractivity contribution in [2.45, 2.75) is 19.9 Å². The smallest absolute Gasteiger partial charge is 0.232 e. The molecule has 4 aromatic heterocycles. The number of nitrogens with zero attached hydrogens (tertiary/aromatic N) is 2. The quantitative estimate of drug-likeness (QED) is 0.412. The summed E-state index contributed by atoms with van der Waals surface area (Å²) in [6, 6.07) is 5.97. The van der Waals surface area contributed by atoms with Gasteiger partial charge >= 0.3 is 0 Å². The van der Waals surface area contributed by atoms with Gasteiger partial charge in [-0.15, -0.1) is 34.0 Å². The highest BCUT2D eigenvalue weighted by molar-refractivity contribution is 7.17. The van der Waals surface area contributed by atoms with Gasteiger partial charge in [-0.25, -0.2) is 9.97 Å². The minimum Gasteiger partial charge on any atom is -0.351 e. The second kappa shape index (κ2) is 8.95. The minimum atomic E-state index is -0.134. The molecule has 0 saturated heterocycles. The maximum atomic E-state index is 12.4. The van der Waals surface area contributed by atoms with E-state index in [1.807, 2.05) is 39.7 Å². The summed E-state index contributed by atoms with van der Waals surface area (Å²) in [5.41, 5.74) is 2.66. The van der Waals surface area contributed by atoms with Gasteiger partial charge < -0.3 is 10.6 Å². The highest BCUT2D eigenvalue weighted by Gasteiger charge is 2.13. The van der Waals surface area contributed by atoms with Gasteiger partial charge in [-0.1, -0.05) is 0 Å². The Hall–Kier alpha value is -2.40. The zero-order chi connectivity index (χ0) is 20.2. The normalized spacial score (nSPS) is 10.8. The van der Waals surface area contributed by atoms with Crippen molar-refractivity contribution in [3.05, 3.63) is 50.3 Å². The third kappa shape index (κ3) is 5.15. The number of anilines is 1. The van der Waals surface area contributed by atoms with Crippen LogP contribution in [0.25, 0.3) is 21.1 Å². The number of thiazole rings is 2. The van der Waals surface area contributed by atoms with Gasteiger partial charge in [0.1, 0.15) is 5.01 Å². The molecule has 2 N–H and O–H groups in total. The van der Waals surface area contributed by atoms with Crippen molar-refractivity contribution in [3.63, 3.8) is 0 Å². The van der Waals surface area contributed by atoms with Crippen molar-refractivity contribution >= 4 is 62.3 Å². The fourth-order valence-electron chi connectivity index (χ4n) is 2.50. The molecule has 4 rings (SSSR count). The molecule has 0 bridgehead atoms. The van der Waals surface area contributed by atoms with E-state index in [1.54, 1.807) is 34.0 Å². The van der Waals surface area contributed by atoms with Gasteiger partial charge in [-0.3, -0.25) is 9.59 Å². The summed E-state index contributed by atoms with van der Waals surface area (Å²) in [5.74, 6) is -0.188. The second-order valence-electron chi connectivity index (χ2n) is 6.09. The zero-order valence-corrected chi connectivity index (χ0v) is 18.6. The summed E-state index contributed by atoms with van der Waals surface area (Å²) < 4.78 is 0. The number of rotatable bonds is 7. The first kappa shape index (κ1) is 19.9. The lowest BCUT2D eigenvalue weighted by Gasteiger charge is -1.99. The number of carbonyl (C=O) groups excluding carboxylic acids is 2. The second-order valence-corrected chi connectivity index (χ2v) is 9.76. The largest absolute Gasteiger partial charge is 0.351 e. The topological polar surface area (TPSA) is 84.0 Å². The monoisotopic (exact) mass is 460 g/mol. The number of amides is 2. The van der Waals surface area contributed by atoms with E-state index in [0.717, 1.165) is 31.7 Å². The van der Waals surface area contributed by atoms with Gasteiger partial charge in [0.15, 0.2) is 5.13 Å².